The van der Waals surface area contributed by atoms with Crippen LogP contribution >= 0.6 is 35.3 Å². The van der Waals surface area contributed by atoms with Crippen molar-refractivity contribution in [1.82, 2.24) is 20.5 Å². The second kappa shape index (κ2) is 13.9. The van der Waals surface area contributed by atoms with Gasteiger partial charge in [-0.25, -0.2) is 4.98 Å². The fourth-order valence-corrected chi connectivity index (χ4v) is 4.17. The monoisotopic (exact) mass is 559 g/mol. The molecule has 172 valence electrons. The number of nitrogens with zero attached hydrogens (tertiary/aromatic N) is 3. The van der Waals surface area contributed by atoms with Crippen LogP contribution in [0.25, 0.3) is 0 Å². The highest BCUT2D eigenvalue weighted by Gasteiger charge is 2.11. The molecular weight excluding hydrogens is 525 g/mol. The minimum absolute atomic E-state index is 0. The first-order valence-corrected chi connectivity index (χ1v) is 11.4. The van der Waals surface area contributed by atoms with Gasteiger partial charge in [-0.3, -0.25) is 9.89 Å². The number of morpholine rings is 1. The number of guanidine groups is 1. The predicted octanol–water partition coefficient (Wildman–Crippen LogP) is 3.00. The Hall–Kier alpha value is -1.43. The molecule has 2 heterocycles. The highest BCUT2D eigenvalue weighted by atomic mass is 127. The van der Waals surface area contributed by atoms with Crippen molar-refractivity contribution in [1.29, 1.82) is 0 Å². The van der Waals surface area contributed by atoms with Crippen molar-refractivity contribution in [2.24, 2.45) is 4.99 Å². The molecule has 0 bridgehead atoms. The van der Waals surface area contributed by atoms with Crippen molar-refractivity contribution in [2.45, 2.75) is 26.8 Å². The standard InChI is InChI=1S/C22H33N5O2S.HI/c1-17-18(2)30-21(26-17)8-9-24-22(23-3)25-16-19-6-4-5-7-20(19)29-15-12-27-10-13-28-14-11-27;/h4-7H,8-16H2,1-3H3,(H2,23,24,25);1H. The number of para-hydroxylation sites is 1. The van der Waals surface area contributed by atoms with E-state index in [2.05, 4.69) is 45.4 Å². The van der Waals surface area contributed by atoms with Gasteiger partial charge < -0.3 is 20.1 Å². The summed E-state index contributed by atoms with van der Waals surface area (Å²) in [6.07, 6.45) is 0.890. The zero-order chi connectivity index (χ0) is 21.2. The molecule has 0 aliphatic carbocycles. The maximum absolute atomic E-state index is 6.07. The molecule has 1 aliphatic heterocycles. The van der Waals surface area contributed by atoms with Gasteiger partial charge in [0.2, 0.25) is 0 Å². The van der Waals surface area contributed by atoms with E-state index in [9.17, 15) is 0 Å². The molecule has 0 spiro atoms. The van der Waals surface area contributed by atoms with Crippen molar-refractivity contribution < 1.29 is 9.47 Å². The number of hydrogen-bond donors (Lipinski definition) is 2. The number of rotatable bonds is 9. The molecule has 1 aliphatic rings. The molecular formula is C22H34IN5O2S. The molecule has 7 nitrogen and oxygen atoms in total. The molecule has 0 unspecified atom stereocenters. The lowest BCUT2D eigenvalue weighted by Crippen LogP contribution is -2.39. The Morgan fingerprint density at radius 3 is 2.71 bits per heavy atom. The molecule has 0 amide bonds. The third-order valence-electron chi connectivity index (χ3n) is 5.12. The van der Waals surface area contributed by atoms with Gasteiger partial charge in [-0.15, -0.1) is 35.3 Å². The summed E-state index contributed by atoms with van der Waals surface area (Å²) in [5, 5.41) is 7.91. The van der Waals surface area contributed by atoms with Crippen molar-refractivity contribution in [3.05, 3.63) is 45.4 Å². The third-order valence-corrected chi connectivity index (χ3v) is 6.25. The van der Waals surface area contributed by atoms with Gasteiger partial charge in [0.1, 0.15) is 12.4 Å². The maximum Gasteiger partial charge on any atom is 0.191 e. The average Bonchev–Trinajstić information content (AvgIpc) is 3.09. The van der Waals surface area contributed by atoms with Crippen LogP contribution in [0.2, 0.25) is 0 Å². The number of thiazole rings is 1. The average molecular weight is 560 g/mol. The maximum atomic E-state index is 6.07. The van der Waals surface area contributed by atoms with E-state index in [1.54, 1.807) is 18.4 Å². The van der Waals surface area contributed by atoms with Gasteiger partial charge >= 0.3 is 0 Å². The van der Waals surface area contributed by atoms with Gasteiger partial charge in [-0.2, -0.15) is 0 Å². The summed E-state index contributed by atoms with van der Waals surface area (Å²) in [4.78, 5) is 12.6. The molecule has 1 aromatic heterocycles. The Morgan fingerprint density at radius 2 is 2.00 bits per heavy atom. The second-order valence-corrected chi connectivity index (χ2v) is 8.55. The lowest BCUT2D eigenvalue weighted by Gasteiger charge is -2.26. The summed E-state index contributed by atoms with van der Waals surface area (Å²) < 4.78 is 11.5. The summed E-state index contributed by atoms with van der Waals surface area (Å²) in [5.74, 6) is 1.70. The van der Waals surface area contributed by atoms with Crippen molar-refractivity contribution >= 4 is 41.3 Å². The SMILES string of the molecule is CN=C(NCCc1nc(C)c(C)s1)NCc1ccccc1OCCN1CCOCC1.I. The number of halogens is 1. The van der Waals surface area contributed by atoms with Crippen molar-refractivity contribution in [3.8, 4) is 5.75 Å². The summed E-state index contributed by atoms with van der Waals surface area (Å²) in [5.41, 5.74) is 2.25. The molecule has 1 fully saturated rings. The second-order valence-electron chi connectivity index (χ2n) is 7.26. The number of aliphatic imine (C=N–C) groups is 1. The highest BCUT2D eigenvalue weighted by Crippen LogP contribution is 2.18. The van der Waals surface area contributed by atoms with E-state index < -0.39 is 0 Å². The van der Waals surface area contributed by atoms with Crippen LogP contribution in [0.3, 0.4) is 0 Å². The van der Waals surface area contributed by atoms with Crippen LogP contribution in [0.15, 0.2) is 29.3 Å². The molecule has 2 aromatic rings. The fourth-order valence-electron chi connectivity index (χ4n) is 3.23. The van der Waals surface area contributed by atoms with Gasteiger partial charge in [0.05, 0.1) is 23.9 Å². The van der Waals surface area contributed by atoms with E-state index in [0.29, 0.717) is 13.2 Å². The summed E-state index contributed by atoms with van der Waals surface area (Å²) in [6, 6.07) is 8.17. The molecule has 1 saturated heterocycles. The predicted molar refractivity (Wildman–Crippen MR) is 138 cm³/mol. The quantitative estimate of drug-likeness (QED) is 0.280. The zero-order valence-corrected chi connectivity index (χ0v) is 21.8. The largest absolute Gasteiger partial charge is 0.492 e. The molecule has 2 N–H and O–H groups in total. The fraction of sp³-hybridized carbons (Fsp3) is 0.545. The lowest BCUT2D eigenvalue weighted by atomic mass is 10.2. The van der Waals surface area contributed by atoms with Crippen LogP contribution in [0, 0.1) is 13.8 Å². The Labute approximate surface area is 206 Å². The van der Waals surface area contributed by atoms with E-state index in [1.165, 1.54) is 4.88 Å². The summed E-state index contributed by atoms with van der Waals surface area (Å²) in [6.45, 7) is 10.8. The van der Waals surface area contributed by atoms with Gasteiger partial charge in [0.15, 0.2) is 5.96 Å². The van der Waals surface area contributed by atoms with Crippen LogP contribution in [0.4, 0.5) is 0 Å². The van der Waals surface area contributed by atoms with Crippen LogP contribution in [0.5, 0.6) is 5.75 Å². The van der Waals surface area contributed by atoms with Gasteiger partial charge in [-0.05, 0) is 19.9 Å². The van der Waals surface area contributed by atoms with Crippen molar-refractivity contribution in [2.75, 3.05) is 53.0 Å². The van der Waals surface area contributed by atoms with Gasteiger partial charge in [-0.1, -0.05) is 18.2 Å². The first-order valence-electron chi connectivity index (χ1n) is 10.5. The molecule has 1 aromatic carbocycles. The number of hydrogen-bond acceptors (Lipinski definition) is 6. The molecule has 31 heavy (non-hydrogen) atoms. The Balaban J connectivity index is 0.00000341. The van der Waals surface area contributed by atoms with E-state index >= 15 is 0 Å². The van der Waals surface area contributed by atoms with E-state index in [-0.39, 0.29) is 24.0 Å². The first kappa shape index (κ1) is 25.8. The van der Waals surface area contributed by atoms with Crippen molar-refractivity contribution in [3.63, 3.8) is 0 Å². The first-order chi connectivity index (χ1) is 14.7. The molecule has 0 saturated carbocycles. The molecule has 0 atom stereocenters. The lowest BCUT2D eigenvalue weighted by molar-refractivity contribution is 0.0322. The van der Waals surface area contributed by atoms with Gasteiger partial charge in [0.25, 0.3) is 0 Å². The minimum atomic E-state index is 0. The van der Waals surface area contributed by atoms with E-state index in [0.717, 1.165) is 73.8 Å². The van der Waals surface area contributed by atoms with Crippen LogP contribution in [-0.2, 0) is 17.7 Å². The summed E-state index contributed by atoms with van der Waals surface area (Å²) >= 11 is 1.77. The topological polar surface area (TPSA) is 71.0 Å². The Morgan fingerprint density at radius 1 is 1.23 bits per heavy atom. The minimum Gasteiger partial charge on any atom is -0.492 e. The number of aryl methyl sites for hydroxylation is 2. The van der Waals surface area contributed by atoms with E-state index in [1.807, 2.05) is 18.2 Å². The molecule has 0 radical (unpaired) electrons. The summed E-state index contributed by atoms with van der Waals surface area (Å²) in [7, 11) is 1.79. The number of ether oxygens (including phenoxy) is 2. The highest BCUT2D eigenvalue weighted by molar-refractivity contribution is 14.0. The smallest absolute Gasteiger partial charge is 0.191 e. The van der Waals surface area contributed by atoms with Crippen LogP contribution < -0.4 is 15.4 Å². The normalized spacial score (nSPS) is 14.7. The third kappa shape index (κ3) is 8.55. The van der Waals surface area contributed by atoms with E-state index in [4.69, 9.17) is 9.47 Å². The van der Waals surface area contributed by atoms with Gasteiger partial charge in [0, 0.05) is 56.6 Å². The number of benzene rings is 1. The van der Waals surface area contributed by atoms with Crippen LogP contribution in [0.1, 0.15) is 21.1 Å². The Kier molecular flexibility index (Phi) is 11.6. The Bertz CT molecular complexity index is 804. The van der Waals surface area contributed by atoms with Crippen LogP contribution in [-0.4, -0.2) is 68.9 Å². The number of nitrogens with one attached hydrogen (secondary N) is 2. The molecule has 3 rings (SSSR count). The number of aromatic nitrogens is 1. The zero-order valence-electron chi connectivity index (χ0n) is 18.6. The molecule has 9 heteroatoms.